The number of amides is 1. The Balaban J connectivity index is 1.58. The highest BCUT2D eigenvalue weighted by Gasteiger charge is 2.27. The molecule has 1 atom stereocenters. The summed E-state index contributed by atoms with van der Waals surface area (Å²) >= 11 is 0. The molecule has 0 spiro atoms. The molecule has 1 aromatic heterocycles. The number of aryl methyl sites for hydroxylation is 4. The number of nitrogens with one attached hydrogen (secondary N) is 1. The van der Waals surface area contributed by atoms with Gasteiger partial charge < -0.3 is 10.1 Å². The molecule has 4 rings (SSSR count). The Hall–Kier alpha value is -3.21. The van der Waals surface area contributed by atoms with E-state index in [1.165, 1.54) is 0 Å². The Labute approximate surface area is 176 Å². The van der Waals surface area contributed by atoms with Crippen LogP contribution in [0.25, 0.3) is 10.9 Å². The van der Waals surface area contributed by atoms with Gasteiger partial charge in [0, 0.05) is 16.8 Å². The number of benzene rings is 2. The number of carbonyl (C=O) groups is 2. The topological polar surface area (TPSA) is 68.3 Å². The molecule has 0 saturated heterocycles. The summed E-state index contributed by atoms with van der Waals surface area (Å²) in [6, 6.07) is 11.6. The van der Waals surface area contributed by atoms with Gasteiger partial charge in [-0.2, -0.15) is 0 Å². The number of anilines is 1. The molecular formula is C25H26N2O3. The second-order valence-electron chi connectivity index (χ2n) is 8.09. The van der Waals surface area contributed by atoms with Crippen molar-refractivity contribution in [1.82, 2.24) is 4.98 Å². The molecule has 1 heterocycles. The first kappa shape index (κ1) is 20.1. The number of rotatable bonds is 4. The van der Waals surface area contributed by atoms with Gasteiger partial charge in [0.05, 0.1) is 11.1 Å². The summed E-state index contributed by atoms with van der Waals surface area (Å²) in [6.45, 7) is 7.54. The van der Waals surface area contributed by atoms with E-state index in [0.717, 1.165) is 63.8 Å². The Morgan fingerprint density at radius 2 is 1.77 bits per heavy atom. The number of aromatic nitrogens is 1. The van der Waals surface area contributed by atoms with E-state index in [1.807, 2.05) is 57.2 Å². The zero-order valence-electron chi connectivity index (χ0n) is 17.8. The SMILES string of the molecule is Cc1cc(C)c(NC(=O)[C@@H](C)OC(=O)c2c3c(nc4ccccc24)CCC3)c(C)c1. The lowest BCUT2D eigenvalue weighted by molar-refractivity contribution is -0.123. The predicted molar refractivity (Wildman–Crippen MR) is 118 cm³/mol. The van der Waals surface area contributed by atoms with Crippen molar-refractivity contribution in [3.05, 3.63) is 69.9 Å². The Morgan fingerprint density at radius 1 is 1.07 bits per heavy atom. The standard InChI is InChI=1S/C25H26N2O3/c1-14-12-15(2)23(16(3)13-14)27-24(28)17(4)30-25(29)22-18-8-5-6-10-20(18)26-21-11-7-9-19(21)22/h5-6,8,10,12-13,17H,7,9,11H2,1-4H3,(H,27,28)/t17-/m1/s1. The van der Waals surface area contributed by atoms with Crippen LogP contribution in [0.1, 0.15) is 51.7 Å². The molecule has 5 heteroatoms. The van der Waals surface area contributed by atoms with Crippen LogP contribution in [0.4, 0.5) is 5.69 Å². The third-order valence-corrected chi connectivity index (χ3v) is 5.70. The van der Waals surface area contributed by atoms with Crippen LogP contribution in [-0.2, 0) is 22.4 Å². The first-order valence-corrected chi connectivity index (χ1v) is 10.4. The van der Waals surface area contributed by atoms with Crippen LogP contribution in [0, 0.1) is 20.8 Å². The molecule has 1 aliphatic rings. The van der Waals surface area contributed by atoms with Gasteiger partial charge in [-0.15, -0.1) is 0 Å². The van der Waals surface area contributed by atoms with E-state index in [1.54, 1.807) is 6.92 Å². The Kier molecular flexibility index (Phi) is 5.29. The molecule has 0 bridgehead atoms. The lowest BCUT2D eigenvalue weighted by Crippen LogP contribution is -2.31. The van der Waals surface area contributed by atoms with Crippen molar-refractivity contribution >= 4 is 28.5 Å². The quantitative estimate of drug-likeness (QED) is 0.635. The molecule has 3 aromatic rings. The number of para-hydroxylation sites is 1. The number of ether oxygens (including phenoxy) is 1. The third-order valence-electron chi connectivity index (χ3n) is 5.70. The molecule has 0 fully saturated rings. The fourth-order valence-corrected chi connectivity index (χ4v) is 4.32. The highest BCUT2D eigenvalue weighted by atomic mass is 16.5. The second-order valence-corrected chi connectivity index (χ2v) is 8.09. The summed E-state index contributed by atoms with van der Waals surface area (Å²) in [5, 5.41) is 3.70. The highest BCUT2D eigenvalue weighted by Crippen LogP contribution is 2.31. The van der Waals surface area contributed by atoms with Crippen molar-refractivity contribution in [2.24, 2.45) is 0 Å². The van der Waals surface area contributed by atoms with E-state index in [-0.39, 0.29) is 5.91 Å². The molecule has 0 unspecified atom stereocenters. The Bertz CT molecular complexity index is 1140. The molecule has 0 radical (unpaired) electrons. The van der Waals surface area contributed by atoms with Gasteiger partial charge in [-0.1, -0.05) is 35.9 Å². The van der Waals surface area contributed by atoms with Gasteiger partial charge in [0.2, 0.25) is 0 Å². The van der Waals surface area contributed by atoms with E-state index >= 15 is 0 Å². The number of pyridine rings is 1. The fraction of sp³-hybridized carbons (Fsp3) is 0.320. The summed E-state index contributed by atoms with van der Waals surface area (Å²) in [4.78, 5) is 30.6. The van der Waals surface area contributed by atoms with Crippen LogP contribution in [0.2, 0.25) is 0 Å². The minimum atomic E-state index is -0.915. The van der Waals surface area contributed by atoms with Crippen molar-refractivity contribution in [3.63, 3.8) is 0 Å². The first-order valence-electron chi connectivity index (χ1n) is 10.4. The summed E-state index contributed by atoms with van der Waals surface area (Å²) in [7, 11) is 0. The number of hydrogen-bond donors (Lipinski definition) is 1. The fourth-order valence-electron chi connectivity index (χ4n) is 4.32. The molecule has 5 nitrogen and oxygen atoms in total. The molecule has 2 aromatic carbocycles. The number of esters is 1. The average Bonchev–Trinajstić information content (AvgIpc) is 3.16. The monoisotopic (exact) mass is 402 g/mol. The maximum Gasteiger partial charge on any atom is 0.339 e. The van der Waals surface area contributed by atoms with Gasteiger partial charge in [-0.05, 0) is 69.7 Å². The normalized spacial score (nSPS) is 13.7. The average molecular weight is 402 g/mol. The van der Waals surface area contributed by atoms with Gasteiger partial charge in [0.15, 0.2) is 6.10 Å². The number of nitrogens with zero attached hydrogens (tertiary/aromatic N) is 1. The molecule has 30 heavy (non-hydrogen) atoms. The van der Waals surface area contributed by atoms with E-state index in [9.17, 15) is 9.59 Å². The van der Waals surface area contributed by atoms with Crippen LogP contribution in [0.5, 0.6) is 0 Å². The second kappa shape index (κ2) is 7.90. The van der Waals surface area contributed by atoms with Crippen LogP contribution in [-0.4, -0.2) is 23.0 Å². The molecule has 1 N–H and O–H groups in total. The molecule has 1 amide bonds. The van der Waals surface area contributed by atoms with Crippen molar-refractivity contribution < 1.29 is 14.3 Å². The molecule has 154 valence electrons. The van der Waals surface area contributed by atoms with E-state index in [0.29, 0.717) is 5.56 Å². The highest BCUT2D eigenvalue weighted by molar-refractivity contribution is 6.06. The maximum absolute atomic E-state index is 13.1. The van der Waals surface area contributed by atoms with Gasteiger partial charge in [-0.3, -0.25) is 9.78 Å². The van der Waals surface area contributed by atoms with Crippen molar-refractivity contribution in [1.29, 1.82) is 0 Å². The third kappa shape index (κ3) is 3.67. The number of carbonyl (C=O) groups excluding carboxylic acids is 2. The minimum Gasteiger partial charge on any atom is -0.449 e. The summed E-state index contributed by atoms with van der Waals surface area (Å²) in [6.07, 6.45) is 1.73. The molecule has 0 aliphatic heterocycles. The van der Waals surface area contributed by atoms with E-state index in [4.69, 9.17) is 9.72 Å². The van der Waals surface area contributed by atoms with Gasteiger partial charge in [-0.25, -0.2) is 4.79 Å². The van der Waals surface area contributed by atoms with Crippen molar-refractivity contribution in [2.75, 3.05) is 5.32 Å². The van der Waals surface area contributed by atoms with Crippen LogP contribution < -0.4 is 5.32 Å². The maximum atomic E-state index is 13.1. The minimum absolute atomic E-state index is 0.339. The van der Waals surface area contributed by atoms with Gasteiger partial charge in [0.25, 0.3) is 5.91 Å². The molecule has 1 aliphatic carbocycles. The summed E-state index contributed by atoms with van der Waals surface area (Å²) in [5.74, 6) is -0.805. The van der Waals surface area contributed by atoms with Crippen LogP contribution >= 0.6 is 0 Å². The zero-order chi connectivity index (χ0) is 21.4. The smallest absolute Gasteiger partial charge is 0.339 e. The van der Waals surface area contributed by atoms with Gasteiger partial charge in [0.1, 0.15) is 0 Å². The van der Waals surface area contributed by atoms with E-state index < -0.39 is 12.1 Å². The van der Waals surface area contributed by atoms with Gasteiger partial charge >= 0.3 is 5.97 Å². The first-order chi connectivity index (χ1) is 14.3. The Morgan fingerprint density at radius 3 is 2.50 bits per heavy atom. The van der Waals surface area contributed by atoms with Crippen LogP contribution in [0.3, 0.4) is 0 Å². The summed E-state index contributed by atoms with van der Waals surface area (Å²) < 4.78 is 5.63. The van der Waals surface area contributed by atoms with Crippen molar-refractivity contribution in [3.8, 4) is 0 Å². The zero-order valence-corrected chi connectivity index (χ0v) is 17.8. The molecule has 0 saturated carbocycles. The van der Waals surface area contributed by atoms with Crippen molar-refractivity contribution in [2.45, 2.75) is 53.1 Å². The largest absolute Gasteiger partial charge is 0.449 e. The number of fused-ring (bicyclic) bond motifs is 2. The van der Waals surface area contributed by atoms with Crippen LogP contribution in [0.15, 0.2) is 36.4 Å². The lowest BCUT2D eigenvalue weighted by atomic mass is 10.0. The lowest BCUT2D eigenvalue weighted by Gasteiger charge is -2.18. The summed E-state index contributed by atoms with van der Waals surface area (Å²) in [5.41, 5.74) is 7.13. The predicted octanol–water partition coefficient (Wildman–Crippen LogP) is 4.83. The van der Waals surface area contributed by atoms with E-state index in [2.05, 4.69) is 5.32 Å². The number of hydrogen-bond acceptors (Lipinski definition) is 4. The molecular weight excluding hydrogens is 376 g/mol.